The van der Waals surface area contributed by atoms with Crippen molar-refractivity contribution in [1.82, 2.24) is 10.3 Å². The molecule has 1 aromatic heterocycles. The molecule has 1 N–H and O–H groups in total. The van der Waals surface area contributed by atoms with Crippen molar-refractivity contribution in [3.63, 3.8) is 0 Å². The molecule has 1 aromatic carbocycles. The van der Waals surface area contributed by atoms with E-state index >= 15 is 0 Å². The Bertz CT molecular complexity index is 464. The average molecular weight is 244 g/mol. The number of benzene rings is 1. The van der Waals surface area contributed by atoms with Crippen LogP contribution >= 0.6 is 0 Å². The van der Waals surface area contributed by atoms with Crippen LogP contribution in [0.25, 0.3) is 10.9 Å². The predicted octanol–water partition coefficient (Wildman–Crippen LogP) is 3.13. The molecule has 0 unspecified atom stereocenters. The van der Waals surface area contributed by atoms with Crippen molar-refractivity contribution in [3.8, 4) is 5.88 Å². The van der Waals surface area contributed by atoms with Gasteiger partial charge in [-0.15, -0.1) is 0 Å². The number of nitrogens with one attached hydrogen (secondary N) is 1. The summed E-state index contributed by atoms with van der Waals surface area (Å²) in [5.74, 6) is 0.761. The van der Waals surface area contributed by atoms with Crippen molar-refractivity contribution in [1.29, 1.82) is 0 Å². The molecule has 0 amide bonds. The van der Waals surface area contributed by atoms with Gasteiger partial charge in [0.15, 0.2) is 0 Å². The first-order chi connectivity index (χ1) is 8.85. The van der Waals surface area contributed by atoms with Gasteiger partial charge in [0.1, 0.15) is 0 Å². The molecule has 2 aromatic rings. The van der Waals surface area contributed by atoms with Gasteiger partial charge in [-0.25, -0.2) is 4.98 Å². The van der Waals surface area contributed by atoms with Gasteiger partial charge in [0, 0.05) is 17.5 Å². The van der Waals surface area contributed by atoms with E-state index in [9.17, 15) is 0 Å². The van der Waals surface area contributed by atoms with E-state index in [1.807, 2.05) is 18.2 Å². The quantitative estimate of drug-likeness (QED) is 0.847. The molecule has 0 bridgehead atoms. The summed E-state index contributed by atoms with van der Waals surface area (Å²) in [6.45, 7) is 6.66. The van der Waals surface area contributed by atoms with E-state index in [0.717, 1.165) is 41.9 Å². The first-order valence-electron chi connectivity index (χ1n) is 6.57. The SMILES string of the molecule is CCCOc1nc2ccccc2cc1CNCC. The zero-order valence-electron chi connectivity index (χ0n) is 11.1. The maximum atomic E-state index is 5.74. The Morgan fingerprint density at radius 1 is 1.22 bits per heavy atom. The number of rotatable bonds is 6. The van der Waals surface area contributed by atoms with Crippen LogP contribution in [-0.2, 0) is 6.54 Å². The fraction of sp³-hybridized carbons (Fsp3) is 0.400. The average Bonchev–Trinajstić information content (AvgIpc) is 2.42. The molecule has 0 radical (unpaired) electrons. The number of fused-ring (bicyclic) bond motifs is 1. The van der Waals surface area contributed by atoms with Crippen molar-refractivity contribution in [3.05, 3.63) is 35.9 Å². The van der Waals surface area contributed by atoms with Crippen LogP contribution in [0, 0.1) is 0 Å². The maximum Gasteiger partial charge on any atom is 0.218 e. The molecule has 0 aliphatic rings. The van der Waals surface area contributed by atoms with Crippen LogP contribution < -0.4 is 10.1 Å². The summed E-state index contributed by atoms with van der Waals surface area (Å²) in [5.41, 5.74) is 2.12. The van der Waals surface area contributed by atoms with Gasteiger partial charge in [0.2, 0.25) is 5.88 Å². The molecule has 0 saturated heterocycles. The van der Waals surface area contributed by atoms with Gasteiger partial charge in [0.05, 0.1) is 12.1 Å². The lowest BCUT2D eigenvalue weighted by Gasteiger charge is -2.11. The standard InChI is InChI=1S/C15H20N2O/c1-3-9-18-15-13(11-16-4-2)10-12-7-5-6-8-14(12)17-15/h5-8,10,16H,3-4,9,11H2,1-2H3. The third-order valence-corrected chi connectivity index (χ3v) is 2.77. The lowest BCUT2D eigenvalue weighted by molar-refractivity contribution is 0.302. The van der Waals surface area contributed by atoms with E-state index in [4.69, 9.17) is 4.74 Å². The summed E-state index contributed by atoms with van der Waals surface area (Å²) in [4.78, 5) is 4.60. The van der Waals surface area contributed by atoms with Crippen molar-refractivity contribution in [2.75, 3.05) is 13.2 Å². The topological polar surface area (TPSA) is 34.1 Å². The highest BCUT2D eigenvalue weighted by atomic mass is 16.5. The monoisotopic (exact) mass is 244 g/mol. The van der Waals surface area contributed by atoms with E-state index in [2.05, 4.69) is 36.3 Å². The number of hydrogen-bond donors (Lipinski definition) is 1. The number of para-hydroxylation sites is 1. The highest BCUT2D eigenvalue weighted by Gasteiger charge is 2.07. The molecule has 96 valence electrons. The van der Waals surface area contributed by atoms with Gasteiger partial charge in [-0.2, -0.15) is 0 Å². The number of nitrogens with zero attached hydrogens (tertiary/aromatic N) is 1. The lowest BCUT2D eigenvalue weighted by atomic mass is 10.1. The summed E-state index contributed by atoms with van der Waals surface area (Å²) in [7, 11) is 0. The van der Waals surface area contributed by atoms with Crippen LogP contribution in [0.2, 0.25) is 0 Å². The third-order valence-electron chi connectivity index (χ3n) is 2.77. The van der Waals surface area contributed by atoms with Gasteiger partial charge in [-0.3, -0.25) is 0 Å². The lowest BCUT2D eigenvalue weighted by Crippen LogP contribution is -2.13. The second-order valence-corrected chi connectivity index (χ2v) is 4.27. The molecule has 3 heteroatoms. The molecular weight excluding hydrogens is 224 g/mol. The largest absolute Gasteiger partial charge is 0.477 e. The van der Waals surface area contributed by atoms with Crippen LogP contribution in [-0.4, -0.2) is 18.1 Å². The normalized spacial score (nSPS) is 10.8. The molecule has 0 aliphatic carbocycles. The predicted molar refractivity (Wildman–Crippen MR) is 74.9 cm³/mol. The summed E-state index contributed by atoms with van der Waals surface area (Å²) in [6, 6.07) is 10.3. The molecule has 0 atom stereocenters. The molecule has 1 heterocycles. The molecule has 0 spiro atoms. The molecule has 18 heavy (non-hydrogen) atoms. The molecule has 0 fully saturated rings. The van der Waals surface area contributed by atoms with Gasteiger partial charge in [0.25, 0.3) is 0 Å². The summed E-state index contributed by atoms with van der Waals surface area (Å²) in [5, 5.41) is 4.49. The third kappa shape index (κ3) is 2.99. The summed E-state index contributed by atoms with van der Waals surface area (Å²) >= 11 is 0. The highest BCUT2D eigenvalue weighted by Crippen LogP contribution is 2.22. The van der Waals surface area contributed by atoms with E-state index in [0.29, 0.717) is 6.61 Å². The van der Waals surface area contributed by atoms with E-state index in [1.54, 1.807) is 0 Å². The summed E-state index contributed by atoms with van der Waals surface area (Å²) < 4.78 is 5.74. The van der Waals surface area contributed by atoms with Gasteiger partial charge < -0.3 is 10.1 Å². The fourth-order valence-corrected chi connectivity index (χ4v) is 1.85. The molecule has 3 nitrogen and oxygen atoms in total. The number of pyridine rings is 1. The van der Waals surface area contributed by atoms with Crippen molar-refractivity contribution >= 4 is 10.9 Å². The number of ether oxygens (including phenoxy) is 1. The Hall–Kier alpha value is -1.61. The first-order valence-corrected chi connectivity index (χ1v) is 6.57. The maximum absolute atomic E-state index is 5.74. The van der Waals surface area contributed by atoms with Crippen LogP contribution in [0.15, 0.2) is 30.3 Å². The Kier molecular flexibility index (Phi) is 4.53. The summed E-state index contributed by atoms with van der Waals surface area (Å²) in [6.07, 6.45) is 0.995. The second-order valence-electron chi connectivity index (χ2n) is 4.27. The van der Waals surface area contributed by atoms with Crippen LogP contribution in [0.1, 0.15) is 25.8 Å². The second kappa shape index (κ2) is 6.36. The molecule has 0 saturated carbocycles. The van der Waals surface area contributed by atoms with Crippen LogP contribution in [0.4, 0.5) is 0 Å². The Morgan fingerprint density at radius 2 is 2.06 bits per heavy atom. The molecular formula is C15H20N2O. The highest BCUT2D eigenvalue weighted by molar-refractivity contribution is 5.80. The van der Waals surface area contributed by atoms with Crippen LogP contribution in [0.3, 0.4) is 0 Å². The van der Waals surface area contributed by atoms with E-state index in [1.165, 1.54) is 0 Å². The molecule has 0 aliphatic heterocycles. The van der Waals surface area contributed by atoms with Gasteiger partial charge >= 0.3 is 0 Å². The minimum absolute atomic E-state index is 0.713. The van der Waals surface area contributed by atoms with Gasteiger partial charge in [-0.1, -0.05) is 32.0 Å². The Labute approximate surface area is 108 Å². The number of hydrogen-bond acceptors (Lipinski definition) is 3. The Morgan fingerprint density at radius 3 is 2.83 bits per heavy atom. The minimum Gasteiger partial charge on any atom is -0.477 e. The van der Waals surface area contributed by atoms with Crippen molar-refractivity contribution < 1.29 is 4.74 Å². The fourth-order valence-electron chi connectivity index (χ4n) is 1.85. The molecule has 2 rings (SSSR count). The number of aromatic nitrogens is 1. The zero-order valence-corrected chi connectivity index (χ0v) is 11.1. The first kappa shape index (κ1) is 12.8. The van der Waals surface area contributed by atoms with Crippen molar-refractivity contribution in [2.24, 2.45) is 0 Å². The van der Waals surface area contributed by atoms with E-state index in [-0.39, 0.29) is 0 Å². The van der Waals surface area contributed by atoms with Crippen LogP contribution in [0.5, 0.6) is 5.88 Å². The zero-order chi connectivity index (χ0) is 12.8. The van der Waals surface area contributed by atoms with Crippen molar-refractivity contribution in [2.45, 2.75) is 26.8 Å². The van der Waals surface area contributed by atoms with E-state index < -0.39 is 0 Å². The smallest absolute Gasteiger partial charge is 0.218 e. The Balaban J connectivity index is 2.35. The van der Waals surface area contributed by atoms with Gasteiger partial charge in [-0.05, 0) is 25.1 Å². The minimum atomic E-state index is 0.713.